The topological polar surface area (TPSA) is 43.1 Å². The van der Waals surface area contributed by atoms with Crippen molar-refractivity contribution in [1.82, 2.24) is 0 Å². The van der Waals surface area contributed by atoms with Gasteiger partial charge in [-0.15, -0.1) is 0 Å². The monoisotopic (exact) mass is 261 g/mol. The van der Waals surface area contributed by atoms with Gasteiger partial charge in [0, 0.05) is 27.2 Å². The molecule has 13 heavy (non-hydrogen) atoms. The maximum absolute atomic E-state index is 11.5. The van der Waals surface area contributed by atoms with E-state index in [0.29, 0.717) is 13.0 Å². The number of carbonyl (C=O) groups is 1. The van der Waals surface area contributed by atoms with Gasteiger partial charge in [-0.1, -0.05) is 0 Å². The largest absolute Gasteiger partial charge is 0.330 e. The highest BCUT2D eigenvalue weighted by Crippen LogP contribution is 2.23. The number of hydrogen-bond acceptors (Lipinski definition) is 3. The summed E-state index contributed by atoms with van der Waals surface area (Å²) in [6, 6.07) is 0. The quantitative estimate of drug-likeness (QED) is 0.655. The zero-order valence-corrected chi connectivity index (χ0v) is 9.66. The molecule has 0 fully saturated rings. The molecule has 1 aromatic rings. The van der Waals surface area contributed by atoms with Crippen molar-refractivity contribution < 1.29 is 4.79 Å². The zero-order valence-electron chi connectivity index (χ0n) is 7.25. The van der Waals surface area contributed by atoms with Crippen LogP contribution in [0.15, 0.2) is 15.2 Å². The van der Waals surface area contributed by atoms with Crippen LogP contribution in [-0.4, -0.2) is 12.3 Å². The smallest absolute Gasteiger partial charge is 0.164 e. The van der Waals surface area contributed by atoms with Gasteiger partial charge in [-0.3, -0.25) is 4.79 Å². The normalized spacial score (nSPS) is 10.3. The van der Waals surface area contributed by atoms with Crippen LogP contribution in [0, 0.1) is 0 Å². The molecule has 2 N–H and O–H groups in total. The average Bonchev–Trinajstić information content (AvgIpc) is 2.52. The Morgan fingerprint density at radius 3 is 2.77 bits per heavy atom. The van der Waals surface area contributed by atoms with Crippen LogP contribution >= 0.6 is 27.3 Å². The van der Waals surface area contributed by atoms with Gasteiger partial charge in [0.15, 0.2) is 5.78 Å². The molecule has 0 bridgehead atoms. The number of halogens is 1. The third kappa shape index (κ3) is 3.21. The second-order valence-corrected chi connectivity index (χ2v) is 4.40. The predicted molar refractivity (Wildman–Crippen MR) is 59.3 cm³/mol. The molecule has 0 aliphatic carbocycles. The van der Waals surface area contributed by atoms with E-state index in [1.54, 1.807) is 11.3 Å². The molecule has 0 atom stereocenters. The molecule has 0 aromatic carbocycles. The molecule has 0 aliphatic heterocycles. The number of rotatable bonds is 5. The minimum atomic E-state index is 0.210. The molecule has 1 heterocycles. The van der Waals surface area contributed by atoms with Crippen LogP contribution in [0.4, 0.5) is 0 Å². The van der Waals surface area contributed by atoms with Crippen LogP contribution in [-0.2, 0) is 0 Å². The van der Waals surface area contributed by atoms with Crippen LogP contribution in [0.5, 0.6) is 0 Å². The summed E-state index contributed by atoms with van der Waals surface area (Å²) in [5.41, 5.74) is 6.15. The molecule has 4 heteroatoms. The van der Waals surface area contributed by atoms with Crippen molar-refractivity contribution in [2.45, 2.75) is 19.3 Å². The number of unbranched alkanes of at least 4 members (excludes halogenated alkanes) is 1. The second-order valence-electron chi connectivity index (χ2n) is 2.80. The molecule has 0 radical (unpaired) electrons. The van der Waals surface area contributed by atoms with E-state index < -0.39 is 0 Å². The van der Waals surface area contributed by atoms with E-state index in [1.807, 2.05) is 10.8 Å². The lowest BCUT2D eigenvalue weighted by molar-refractivity contribution is 0.0979. The highest BCUT2D eigenvalue weighted by Gasteiger charge is 2.09. The van der Waals surface area contributed by atoms with E-state index in [9.17, 15) is 4.79 Å². The van der Waals surface area contributed by atoms with Gasteiger partial charge in [-0.2, -0.15) is 11.3 Å². The Kier molecular flexibility index (Phi) is 4.62. The van der Waals surface area contributed by atoms with Gasteiger partial charge in [-0.25, -0.2) is 0 Å². The number of nitrogens with two attached hydrogens (primary N) is 1. The first-order valence-corrected chi connectivity index (χ1v) is 5.94. The van der Waals surface area contributed by atoms with Crippen molar-refractivity contribution in [3.63, 3.8) is 0 Å². The van der Waals surface area contributed by atoms with Crippen molar-refractivity contribution in [3.05, 3.63) is 20.8 Å². The first-order chi connectivity index (χ1) is 6.25. The SMILES string of the molecule is NCCCCC(=O)c1cscc1Br. The number of Topliss-reactive ketones (excluding diaryl/α,β-unsaturated/α-hetero) is 1. The van der Waals surface area contributed by atoms with E-state index in [-0.39, 0.29) is 5.78 Å². The number of hydrogen-bond donors (Lipinski definition) is 1. The van der Waals surface area contributed by atoms with Crippen molar-refractivity contribution in [1.29, 1.82) is 0 Å². The standard InChI is InChI=1S/C9H12BrNOS/c10-8-6-13-5-7(8)9(12)3-1-2-4-11/h5-6H,1-4,11H2. The van der Waals surface area contributed by atoms with Gasteiger partial charge in [0.25, 0.3) is 0 Å². The summed E-state index contributed by atoms with van der Waals surface area (Å²) in [5.74, 6) is 0.210. The molecule has 0 amide bonds. The summed E-state index contributed by atoms with van der Waals surface area (Å²) in [6.45, 7) is 0.665. The maximum Gasteiger partial charge on any atom is 0.164 e. The fourth-order valence-corrected chi connectivity index (χ4v) is 2.56. The zero-order chi connectivity index (χ0) is 9.68. The summed E-state index contributed by atoms with van der Waals surface area (Å²) in [6.07, 6.45) is 2.41. The van der Waals surface area contributed by atoms with E-state index in [1.165, 1.54) is 0 Å². The first kappa shape index (κ1) is 10.9. The lowest BCUT2D eigenvalue weighted by Crippen LogP contribution is -2.02. The van der Waals surface area contributed by atoms with Gasteiger partial charge in [0.05, 0.1) is 0 Å². The lowest BCUT2D eigenvalue weighted by Gasteiger charge is -1.97. The van der Waals surface area contributed by atoms with Crippen LogP contribution in [0.2, 0.25) is 0 Å². The molecule has 0 aliphatic rings. The molecular weight excluding hydrogens is 250 g/mol. The van der Waals surface area contributed by atoms with Crippen LogP contribution in [0.1, 0.15) is 29.6 Å². The minimum Gasteiger partial charge on any atom is -0.330 e. The summed E-state index contributed by atoms with van der Waals surface area (Å²) in [5, 5.41) is 3.81. The third-order valence-electron chi connectivity index (χ3n) is 1.77. The van der Waals surface area contributed by atoms with Gasteiger partial charge in [-0.05, 0) is 35.3 Å². The molecule has 2 nitrogen and oxygen atoms in total. The lowest BCUT2D eigenvalue weighted by atomic mass is 10.1. The van der Waals surface area contributed by atoms with Crippen LogP contribution in [0.3, 0.4) is 0 Å². The Balaban J connectivity index is 2.45. The fourth-order valence-electron chi connectivity index (χ4n) is 1.05. The summed E-state index contributed by atoms with van der Waals surface area (Å²) in [7, 11) is 0. The Labute approximate surface area is 90.3 Å². The van der Waals surface area contributed by atoms with Crippen LogP contribution < -0.4 is 5.73 Å². The molecule has 0 spiro atoms. The Morgan fingerprint density at radius 1 is 1.46 bits per heavy atom. The predicted octanol–water partition coefficient (Wildman–Crippen LogP) is 2.82. The molecular formula is C9H12BrNOS. The number of ketones is 1. The molecule has 1 rings (SSSR count). The Bertz CT molecular complexity index is 285. The molecule has 0 unspecified atom stereocenters. The van der Waals surface area contributed by atoms with E-state index in [4.69, 9.17) is 5.73 Å². The van der Waals surface area contributed by atoms with Crippen molar-refractivity contribution >= 4 is 33.0 Å². The molecule has 0 saturated carbocycles. The van der Waals surface area contributed by atoms with Crippen molar-refractivity contribution in [2.75, 3.05) is 6.54 Å². The highest BCUT2D eigenvalue weighted by atomic mass is 79.9. The Hall–Kier alpha value is -0.190. The van der Waals surface area contributed by atoms with E-state index in [0.717, 1.165) is 22.9 Å². The van der Waals surface area contributed by atoms with E-state index >= 15 is 0 Å². The summed E-state index contributed by atoms with van der Waals surface area (Å²) in [4.78, 5) is 11.5. The molecule has 1 aromatic heterocycles. The second kappa shape index (κ2) is 5.52. The van der Waals surface area contributed by atoms with Gasteiger partial charge in [0.1, 0.15) is 0 Å². The van der Waals surface area contributed by atoms with Gasteiger partial charge in [0.2, 0.25) is 0 Å². The van der Waals surface area contributed by atoms with Crippen molar-refractivity contribution in [3.8, 4) is 0 Å². The van der Waals surface area contributed by atoms with E-state index in [2.05, 4.69) is 15.9 Å². The molecule has 72 valence electrons. The number of carbonyl (C=O) groups excluding carboxylic acids is 1. The average molecular weight is 262 g/mol. The fraction of sp³-hybridized carbons (Fsp3) is 0.444. The first-order valence-electron chi connectivity index (χ1n) is 4.20. The minimum absolute atomic E-state index is 0.210. The summed E-state index contributed by atoms with van der Waals surface area (Å²) >= 11 is 4.88. The molecule has 0 saturated heterocycles. The van der Waals surface area contributed by atoms with Crippen LogP contribution in [0.25, 0.3) is 0 Å². The third-order valence-corrected chi connectivity index (χ3v) is 3.48. The Morgan fingerprint density at radius 2 is 2.23 bits per heavy atom. The summed E-state index contributed by atoms with van der Waals surface area (Å²) < 4.78 is 0.912. The maximum atomic E-state index is 11.5. The number of thiophene rings is 1. The van der Waals surface area contributed by atoms with Gasteiger partial charge < -0.3 is 5.73 Å². The highest BCUT2D eigenvalue weighted by molar-refractivity contribution is 9.10. The van der Waals surface area contributed by atoms with Gasteiger partial charge >= 0.3 is 0 Å². The van der Waals surface area contributed by atoms with Crippen molar-refractivity contribution in [2.24, 2.45) is 5.73 Å².